The molecule has 0 N–H and O–H groups in total. The van der Waals surface area contributed by atoms with E-state index in [2.05, 4.69) is 0 Å². The molecule has 120 valence electrons. The Balaban J connectivity index is 2.46. The second-order valence-corrected chi connectivity index (χ2v) is 7.83. The number of hydrogen-bond donors (Lipinski definition) is 0. The van der Waals surface area contributed by atoms with Gasteiger partial charge in [-0.3, -0.25) is 9.59 Å². The molecule has 2 aromatic rings. The summed E-state index contributed by atoms with van der Waals surface area (Å²) in [5, 5.41) is 0. The summed E-state index contributed by atoms with van der Waals surface area (Å²) in [6.07, 6.45) is 0.677. The van der Waals surface area contributed by atoms with Crippen molar-refractivity contribution in [3.8, 4) is 0 Å². The fourth-order valence-electron chi connectivity index (χ4n) is 2.18. The van der Waals surface area contributed by atoms with Gasteiger partial charge in [0.2, 0.25) is 0 Å². The average Bonchev–Trinajstić information content (AvgIpc) is 2.61. The first-order valence-electron chi connectivity index (χ1n) is 7.67. The predicted octanol–water partition coefficient (Wildman–Crippen LogP) is 5.23. The number of ketones is 2. The fraction of sp³-hybridized carbons (Fsp3) is 0.263. The van der Waals surface area contributed by atoms with Crippen LogP contribution in [0.25, 0.3) is 0 Å². The highest BCUT2D eigenvalue weighted by atomic mass is 32.2. The van der Waals surface area contributed by atoms with Crippen LogP contribution in [0.15, 0.2) is 70.5 Å². The molecule has 0 unspecified atom stereocenters. The number of rotatable bonds is 8. The van der Waals surface area contributed by atoms with E-state index >= 15 is 0 Å². The number of benzene rings is 2. The summed E-state index contributed by atoms with van der Waals surface area (Å²) in [5.74, 6) is -0.0703. The highest BCUT2D eigenvalue weighted by Gasteiger charge is 2.45. The Morgan fingerprint density at radius 3 is 1.39 bits per heavy atom. The summed E-state index contributed by atoms with van der Waals surface area (Å²) in [6, 6.07) is 19.3. The maximum Gasteiger partial charge on any atom is 0.187 e. The third-order valence-corrected chi connectivity index (χ3v) is 6.39. The lowest BCUT2D eigenvalue weighted by Gasteiger charge is -2.29. The van der Waals surface area contributed by atoms with E-state index in [1.54, 1.807) is 0 Å². The van der Waals surface area contributed by atoms with Gasteiger partial charge in [0.25, 0.3) is 0 Å². The first-order chi connectivity index (χ1) is 11.1. The van der Waals surface area contributed by atoms with Crippen molar-refractivity contribution in [1.29, 1.82) is 0 Å². The fourth-order valence-corrected chi connectivity index (χ4v) is 5.21. The van der Waals surface area contributed by atoms with Crippen molar-refractivity contribution >= 4 is 35.1 Å². The SMILES string of the molecule is CCC(=O)C(Sc1ccccc1)(Sc1ccccc1)C(=O)CC. The van der Waals surface area contributed by atoms with E-state index in [9.17, 15) is 9.59 Å². The molecule has 0 aliphatic carbocycles. The summed E-state index contributed by atoms with van der Waals surface area (Å²) < 4.78 is -1.12. The van der Waals surface area contributed by atoms with Crippen LogP contribution in [-0.2, 0) is 9.59 Å². The number of carbonyl (C=O) groups excluding carboxylic acids is 2. The zero-order valence-corrected chi connectivity index (χ0v) is 15.0. The van der Waals surface area contributed by atoms with Crippen LogP contribution >= 0.6 is 23.5 Å². The minimum Gasteiger partial charge on any atom is -0.297 e. The van der Waals surface area contributed by atoms with Crippen LogP contribution in [0, 0.1) is 0 Å². The highest BCUT2D eigenvalue weighted by Crippen LogP contribution is 2.48. The largest absolute Gasteiger partial charge is 0.297 e. The molecule has 23 heavy (non-hydrogen) atoms. The quantitative estimate of drug-likeness (QED) is 0.373. The molecule has 0 amide bonds. The predicted molar refractivity (Wildman–Crippen MR) is 97.9 cm³/mol. The first kappa shape index (κ1) is 17.8. The molecular weight excluding hydrogens is 324 g/mol. The van der Waals surface area contributed by atoms with Crippen LogP contribution in [0.5, 0.6) is 0 Å². The minimum atomic E-state index is -1.12. The van der Waals surface area contributed by atoms with Crippen molar-refractivity contribution in [2.24, 2.45) is 0 Å². The van der Waals surface area contributed by atoms with Gasteiger partial charge < -0.3 is 0 Å². The molecule has 0 aliphatic heterocycles. The maximum atomic E-state index is 12.8. The number of thioether (sulfide) groups is 2. The van der Waals surface area contributed by atoms with Crippen LogP contribution < -0.4 is 0 Å². The molecule has 2 aromatic carbocycles. The topological polar surface area (TPSA) is 34.1 Å². The van der Waals surface area contributed by atoms with E-state index in [1.807, 2.05) is 74.5 Å². The summed E-state index contributed by atoms with van der Waals surface area (Å²) in [6.45, 7) is 3.63. The zero-order chi connectivity index (χ0) is 16.7. The van der Waals surface area contributed by atoms with Gasteiger partial charge in [0.05, 0.1) is 0 Å². The van der Waals surface area contributed by atoms with Crippen molar-refractivity contribution in [1.82, 2.24) is 0 Å². The normalized spacial score (nSPS) is 11.2. The van der Waals surface area contributed by atoms with Gasteiger partial charge in [-0.15, -0.1) is 0 Å². The van der Waals surface area contributed by atoms with E-state index in [4.69, 9.17) is 0 Å². The Bertz CT molecular complexity index is 594. The van der Waals surface area contributed by atoms with Gasteiger partial charge in [-0.25, -0.2) is 0 Å². The van der Waals surface area contributed by atoms with Gasteiger partial charge in [0.1, 0.15) is 0 Å². The standard InChI is InChI=1S/C19H20O2S2/c1-3-17(20)19(18(21)4-2,22-15-11-7-5-8-12-15)23-16-13-9-6-10-14-16/h5-14H,3-4H2,1-2H3. The van der Waals surface area contributed by atoms with Crippen LogP contribution in [-0.4, -0.2) is 15.6 Å². The molecule has 2 nitrogen and oxygen atoms in total. The average molecular weight is 345 g/mol. The monoisotopic (exact) mass is 344 g/mol. The second kappa shape index (κ2) is 8.37. The molecule has 0 heterocycles. The molecule has 0 bridgehead atoms. The summed E-state index contributed by atoms with van der Waals surface area (Å²) >= 11 is 2.72. The van der Waals surface area contributed by atoms with Crippen molar-refractivity contribution in [2.75, 3.05) is 0 Å². The molecule has 0 fully saturated rings. The summed E-state index contributed by atoms with van der Waals surface area (Å²) in [4.78, 5) is 27.4. The van der Waals surface area contributed by atoms with Gasteiger partial charge in [-0.2, -0.15) is 0 Å². The van der Waals surface area contributed by atoms with Crippen LogP contribution in [0.2, 0.25) is 0 Å². The lowest BCUT2D eigenvalue weighted by Crippen LogP contribution is -2.39. The summed E-state index contributed by atoms with van der Waals surface area (Å²) in [5.41, 5.74) is 0. The van der Waals surface area contributed by atoms with Crippen molar-refractivity contribution in [3.05, 3.63) is 60.7 Å². The number of Topliss-reactive ketones (excluding diaryl/α,β-unsaturated/α-hetero) is 2. The Hall–Kier alpha value is -1.52. The molecule has 0 aromatic heterocycles. The van der Waals surface area contributed by atoms with Crippen LogP contribution in [0.1, 0.15) is 26.7 Å². The lowest BCUT2D eigenvalue weighted by molar-refractivity contribution is -0.127. The molecule has 4 heteroatoms. The van der Waals surface area contributed by atoms with Gasteiger partial charge in [0.15, 0.2) is 15.6 Å². The molecule has 0 saturated heterocycles. The molecule has 0 radical (unpaired) electrons. The minimum absolute atomic E-state index is 0.0351. The third kappa shape index (κ3) is 4.27. The van der Waals surface area contributed by atoms with Crippen molar-refractivity contribution in [3.63, 3.8) is 0 Å². The maximum absolute atomic E-state index is 12.8. The third-order valence-electron chi connectivity index (χ3n) is 3.39. The zero-order valence-electron chi connectivity index (χ0n) is 13.3. The van der Waals surface area contributed by atoms with Crippen LogP contribution in [0.3, 0.4) is 0 Å². The Morgan fingerprint density at radius 2 is 1.09 bits per heavy atom. The van der Waals surface area contributed by atoms with Crippen molar-refractivity contribution < 1.29 is 9.59 Å². The molecular formula is C19H20O2S2. The Kier molecular flexibility index (Phi) is 6.48. The van der Waals surface area contributed by atoms with Crippen LogP contribution in [0.4, 0.5) is 0 Å². The smallest absolute Gasteiger partial charge is 0.187 e. The van der Waals surface area contributed by atoms with E-state index in [0.29, 0.717) is 12.8 Å². The van der Waals surface area contributed by atoms with Gasteiger partial charge in [-0.05, 0) is 24.3 Å². The van der Waals surface area contributed by atoms with E-state index < -0.39 is 4.08 Å². The Morgan fingerprint density at radius 1 is 0.739 bits per heavy atom. The molecule has 0 saturated carbocycles. The molecule has 0 spiro atoms. The van der Waals surface area contributed by atoms with Crippen molar-refractivity contribution in [2.45, 2.75) is 40.6 Å². The highest BCUT2D eigenvalue weighted by molar-refractivity contribution is 8.20. The van der Waals surface area contributed by atoms with Gasteiger partial charge in [-0.1, -0.05) is 73.8 Å². The molecule has 2 rings (SSSR count). The Labute approximate surface area is 146 Å². The molecule has 0 atom stereocenters. The number of carbonyl (C=O) groups is 2. The van der Waals surface area contributed by atoms with E-state index in [1.165, 1.54) is 23.5 Å². The first-order valence-corrected chi connectivity index (χ1v) is 9.30. The molecule has 0 aliphatic rings. The van der Waals surface area contributed by atoms with E-state index in [0.717, 1.165) is 9.79 Å². The van der Waals surface area contributed by atoms with Gasteiger partial charge >= 0.3 is 0 Å². The van der Waals surface area contributed by atoms with Gasteiger partial charge in [0, 0.05) is 22.6 Å². The summed E-state index contributed by atoms with van der Waals surface area (Å²) in [7, 11) is 0. The van der Waals surface area contributed by atoms with E-state index in [-0.39, 0.29) is 11.6 Å². The number of hydrogen-bond acceptors (Lipinski definition) is 4. The second-order valence-electron chi connectivity index (χ2n) is 5.00. The lowest BCUT2D eigenvalue weighted by atomic mass is 10.1.